The number of carbonyl (C=O) groups excluding carboxylic acids is 2. The van der Waals surface area contributed by atoms with Crippen LogP contribution in [0.4, 0.5) is 5.69 Å². The third kappa shape index (κ3) is 4.83. The second-order valence-corrected chi connectivity index (χ2v) is 4.93. The Morgan fingerprint density at radius 3 is 2.05 bits per heavy atom. The highest BCUT2D eigenvalue weighted by molar-refractivity contribution is 5.94. The van der Waals surface area contributed by atoms with Crippen LogP contribution in [0, 0.1) is 5.92 Å². The maximum Gasteiger partial charge on any atom is 0.224 e. The van der Waals surface area contributed by atoms with E-state index < -0.39 is 5.91 Å². The van der Waals surface area contributed by atoms with Gasteiger partial charge in [0.25, 0.3) is 0 Å². The highest BCUT2D eigenvalue weighted by Gasteiger charge is 2.18. The minimum Gasteiger partial charge on any atom is -0.496 e. The Labute approximate surface area is 129 Å². The van der Waals surface area contributed by atoms with Crippen molar-refractivity contribution in [3.8, 4) is 17.2 Å². The Morgan fingerprint density at radius 1 is 1.09 bits per heavy atom. The molecule has 0 unspecified atom stereocenters. The molecule has 0 aliphatic rings. The third-order valence-electron chi connectivity index (χ3n) is 3.06. The van der Waals surface area contributed by atoms with Crippen molar-refractivity contribution in [2.24, 2.45) is 11.7 Å². The number of ether oxygens (including phenoxy) is 3. The van der Waals surface area contributed by atoms with Crippen LogP contribution in [0.1, 0.15) is 19.8 Å². The molecule has 1 atom stereocenters. The lowest BCUT2D eigenvalue weighted by atomic mass is 10.0. The maximum atomic E-state index is 12.1. The molecule has 1 aromatic rings. The smallest absolute Gasteiger partial charge is 0.224 e. The highest BCUT2D eigenvalue weighted by atomic mass is 16.5. The monoisotopic (exact) mass is 310 g/mol. The summed E-state index contributed by atoms with van der Waals surface area (Å²) in [5.74, 6) is 0.566. The maximum absolute atomic E-state index is 12.1. The van der Waals surface area contributed by atoms with Gasteiger partial charge in [-0.3, -0.25) is 9.59 Å². The fraction of sp³-hybridized carbons (Fsp3) is 0.467. The molecular formula is C15H22N2O5. The molecule has 0 saturated heterocycles. The Bertz CT molecular complexity index is 520. The molecule has 0 bridgehead atoms. The summed E-state index contributed by atoms with van der Waals surface area (Å²) in [5.41, 5.74) is 5.54. The molecule has 1 rings (SSSR count). The molecule has 0 heterocycles. The van der Waals surface area contributed by atoms with Gasteiger partial charge < -0.3 is 25.3 Å². The normalized spacial score (nSPS) is 11.5. The number of hydrogen-bond acceptors (Lipinski definition) is 5. The van der Waals surface area contributed by atoms with Gasteiger partial charge in [0.2, 0.25) is 11.8 Å². The highest BCUT2D eigenvalue weighted by Crippen LogP contribution is 2.39. The molecule has 3 N–H and O–H groups in total. The molecular weight excluding hydrogens is 288 g/mol. The average Bonchev–Trinajstić information content (AvgIpc) is 2.46. The lowest BCUT2D eigenvalue weighted by molar-refractivity contribution is -0.119. The van der Waals surface area contributed by atoms with E-state index >= 15 is 0 Å². The van der Waals surface area contributed by atoms with Crippen LogP contribution < -0.4 is 25.3 Å². The van der Waals surface area contributed by atoms with Gasteiger partial charge in [-0.25, -0.2) is 0 Å². The van der Waals surface area contributed by atoms with Crippen LogP contribution in [0.3, 0.4) is 0 Å². The van der Waals surface area contributed by atoms with Crippen molar-refractivity contribution in [2.75, 3.05) is 26.6 Å². The van der Waals surface area contributed by atoms with Gasteiger partial charge in [0.05, 0.1) is 21.3 Å². The largest absolute Gasteiger partial charge is 0.496 e. The molecule has 0 spiro atoms. The van der Waals surface area contributed by atoms with Gasteiger partial charge in [0.1, 0.15) is 22.9 Å². The van der Waals surface area contributed by atoms with E-state index in [2.05, 4.69) is 5.32 Å². The van der Waals surface area contributed by atoms with Gasteiger partial charge in [0, 0.05) is 25.0 Å². The first-order valence-corrected chi connectivity index (χ1v) is 6.79. The predicted octanol–water partition coefficient (Wildman–Crippen LogP) is 1.55. The van der Waals surface area contributed by atoms with Crippen LogP contribution in [0.5, 0.6) is 17.2 Å². The zero-order chi connectivity index (χ0) is 16.7. The summed E-state index contributed by atoms with van der Waals surface area (Å²) in [6, 6.07) is 3.29. The van der Waals surface area contributed by atoms with Gasteiger partial charge in [-0.1, -0.05) is 6.92 Å². The Hall–Kier alpha value is -2.44. The van der Waals surface area contributed by atoms with E-state index in [4.69, 9.17) is 19.9 Å². The van der Waals surface area contributed by atoms with Crippen molar-refractivity contribution in [3.63, 3.8) is 0 Å². The van der Waals surface area contributed by atoms with Crippen LogP contribution >= 0.6 is 0 Å². The zero-order valence-corrected chi connectivity index (χ0v) is 13.3. The summed E-state index contributed by atoms with van der Waals surface area (Å²) in [6.07, 6.45) is 0.325. The number of anilines is 1. The topological polar surface area (TPSA) is 99.9 Å². The van der Waals surface area contributed by atoms with E-state index in [1.807, 2.05) is 0 Å². The molecule has 0 aliphatic heterocycles. The van der Waals surface area contributed by atoms with Gasteiger partial charge in [-0.05, 0) is 5.92 Å². The molecule has 0 aliphatic carbocycles. The number of hydrogen-bond donors (Lipinski definition) is 2. The lowest BCUT2D eigenvalue weighted by Crippen LogP contribution is -2.20. The van der Waals surface area contributed by atoms with E-state index in [-0.39, 0.29) is 24.7 Å². The molecule has 0 radical (unpaired) electrons. The summed E-state index contributed by atoms with van der Waals surface area (Å²) in [4.78, 5) is 22.9. The first-order valence-electron chi connectivity index (χ1n) is 6.79. The quantitative estimate of drug-likeness (QED) is 0.759. The van der Waals surface area contributed by atoms with Crippen LogP contribution in [0.2, 0.25) is 0 Å². The van der Waals surface area contributed by atoms with Crippen molar-refractivity contribution in [1.29, 1.82) is 0 Å². The number of nitrogens with one attached hydrogen (secondary N) is 1. The summed E-state index contributed by atoms with van der Waals surface area (Å²) in [5, 5.41) is 2.74. The number of carbonyl (C=O) groups is 2. The second kappa shape index (κ2) is 8.11. The minimum absolute atomic E-state index is 0.146. The molecule has 0 saturated carbocycles. The number of benzene rings is 1. The minimum atomic E-state index is -0.431. The summed E-state index contributed by atoms with van der Waals surface area (Å²) in [6.45, 7) is 1.78. The van der Waals surface area contributed by atoms with Crippen molar-refractivity contribution < 1.29 is 23.8 Å². The number of methoxy groups -OCH3 is 3. The van der Waals surface area contributed by atoms with Crippen LogP contribution in [0.25, 0.3) is 0 Å². The van der Waals surface area contributed by atoms with E-state index in [0.717, 1.165) is 0 Å². The van der Waals surface area contributed by atoms with E-state index in [9.17, 15) is 9.59 Å². The number of primary amides is 1. The van der Waals surface area contributed by atoms with Gasteiger partial charge in [-0.2, -0.15) is 0 Å². The summed E-state index contributed by atoms with van der Waals surface area (Å²) in [7, 11) is 4.50. The van der Waals surface area contributed by atoms with Crippen molar-refractivity contribution in [2.45, 2.75) is 19.8 Å². The molecule has 7 nitrogen and oxygen atoms in total. The molecule has 122 valence electrons. The molecule has 7 heteroatoms. The fourth-order valence-corrected chi connectivity index (χ4v) is 2.05. The molecule has 2 amide bonds. The second-order valence-electron chi connectivity index (χ2n) is 4.93. The Morgan fingerprint density at radius 2 is 1.64 bits per heavy atom. The number of nitrogens with two attached hydrogens (primary N) is 1. The summed E-state index contributed by atoms with van der Waals surface area (Å²) < 4.78 is 15.6. The Balaban J connectivity index is 2.91. The van der Waals surface area contributed by atoms with Crippen molar-refractivity contribution >= 4 is 17.5 Å². The van der Waals surface area contributed by atoms with E-state index in [1.165, 1.54) is 21.3 Å². The lowest BCUT2D eigenvalue weighted by Gasteiger charge is -2.16. The number of amides is 2. The molecule has 22 heavy (non-hydrogen) atoms. The zero-order valence-electron chi connectivity index (χ0n) is 13.3. The average molecular weight is 310 g/mol. The molecule has 0 aromatic heterocycles. The number of rotatable bonds is 8. The van der Waals surface area contributed by atoms with Crippen molar-refractivity contribution in [1.82, 2.24) is 0 Å². The SMILES string of the molecule is COc1cc(OC)c(NC(=O)C[C@H](C)CC(N)=O)c(OC)c1. The third-order valence-corrected chi connectivity index (χ3v) is 3.06. The van der Waals surface area contributed by atoms with Gasteiger partial charge in [-0.15, -0.1) is 0 Å². The fourth-order valence-electron chi connectivity index (χ4n) is 2.05. The van der Waals surface area contributed by atoms with Crippen LogP contribution in [-0.2, 0) is 9.59 Å². The molecule has 1 aromatic carbocycles. The Kier molecular flexibility index (Phi) is 6.49. The first kappa shape index (κ1) is 17.6. The van der Waals surface area contributed by atoms with E-state index in [0.29, 0.717) is 22.9 Å². The predicted molar refractivity (Wildman–Crippen MR) is 82.3 cm³/mol. The first-order chi connectivity index (χ1) is 10.4. The molecule has 0 fully saturated rings. The van der Waals surface area contributed by atoms with E-state index in [1.54, 1.807) is 19.1 Å². The van der Waals surface area contributed by atoms with Gasteiger partial charge in [0.15, 0.2) is 0 Å². The van der Waals surface area contributed by atoms with Crippen LogP contribution in [0.15, 0.2) is 12.1 Å². The van der Waals surface area contributed by atoms with Crippen LogP contribution in [-0.4, -0.2) is 33.1 Å². The van der Waals surface area contributed by atoms with Crippen molar-refractivity contribution in [3.05, 3.63) is 12.1 Å². The standard InChI is InChI=1S/C15H22N2O5/c1-9(5-13(16)18)6-14(19)17-15-11(21-3)7-10(20-2)8-12(15)22-4/h7-9H,5-6H2,1-4H3,(H2,16,18)(H,17,19)/t9-/m1/s1. The summed E-state index contributed by atoms with van der Waals surface area (Å²) >= 11 is 0. The van der Waals surface area contributed by atoms with Gasteiger partial charge >= 0.3 is 0 Å².